The van der Waals surface area contributed by atoms with Crippen molar-refractivity contribution in [2.75, 3.05) is 5.73 Å². The Balaban J connectivity index is 1.45. The van der Waals surface area contributed by atoms with Crippen molar-refractivity contribution in [2.45, 2.75) is 19.3 Å². The maximum absolute atomic E-state index is 6.74. The highest BCUT2D eigenvalue weighted by atomic mass is 16.3. The molecular weight excluding hydrogens is 426 g/mol. The van der Waals surface area contributed by atoms with E-state index in [-0.39, 0.29) is 5.41 Å². The summed E-state index contributed by atoms with van der Waals surface area (Å²) in [7, 11) is 0. The van der Waals surface area contributed by atoms with Crippen LogP contribution in [0.2, 0.25) is 0 Å². The molecule has 1 heterocycles. The van der Waals surface area contributed by atoms with Crippen LogP contribution in [0.4, 0.5) is 5.69 Å². The predicted molar refractivity (Wildman–Crippen MR) is 147 cm³/mol. The van der Waals surface area contributed by atoms with Gasteiger partial charge >= 0.3 is 0 Å². The highest BCUT2D eigenvalue weighted by Gasteiger charge is 2.37. The van der Waals surface area contributed by atoms with Crippen LogP contribution in [0, 0.1) is 0 Å². The van der Waals surface area contributed by atoms with E-state index in [4.69, 9.17) is 10.2 Å². The molecule has 0 saturated heterocycles. The van der Waals surface area contributed by atoms with Crippen molar-refractivity contribution in [1.29, 1.82) is 0 Å². The summed E-state index contributed by atoms with van der Waals surface area (Å²) in [6.45, 7) is 4.56. The van der Waals surface area contributed by atoms with Crippen molar-refractivity contribution in [2.24, 2.45) is 0 Å². The summed E-state index contributed by atoms with van der Waals surface area (Å²) >= 11 is 0. The molecule has 1 aliphatic carbocycles. The Kier molecular flexibility index (Phi) is 4.08. The molecule has 0 saturated carbocycles. The monoisotopic (exact) mass is 451 g/mol. The topological polar surface area (TPSA) is 39.2 Å². The zero-order chi connectivity index (χ0) is 23.7. The first kappa shape index (κ1) is 20.1. The molecule has 0 aliphatic heterocycles. The molecule has 2 heteroatoms. The summed E-state index contributed by atoms with van der Waals surface area (Å²) in [5.74, 6) is 0. The Hall–Kier alpha value is -4.30. The number of furan rings is 1. The van der Waals surface area contributed by atoms with E-state index in [1.165, 1.54) is 33.4 Å². The summed E-state index contributed by atoms with van der Waals surface area (Å²) in [6.07, 6.45) is 0. The van der Waals surface area contributed by atoms with Crippen molar-refractivity contribution < 1.29 is 4.42 Å². The molecule has 0 radical (unpaired) electrons. The smallest absolute Gasteiger partial charge is 0.143 e. The minimum atomic E-state index is -0.0956. The van der Waals surface area contributed by atoms with Crippen LogP contribution in [-0.2, 0) is 5.41 Å². The number of hydrogen-bond acceptors (Lipinski definition) is 2. The minimum absolute atomic E-state index is 0.0956. The Labute approximate surface area is 204 Å². The maximum Gasteiger partial charge on any atom is 0.143 e. The molecule has 35 heavy (non-hydrogen) atoms. The number of nitrogens with two attached hydrogens (primary N) is 1. The van der Waals surface area contributed by atoms with Gasteiger partial charge in [0.05, 0.1) is 0 Å². The lowest BCUT2D eigenvalue weighted by Gasteiger charge is -2.21. The highest BCUT2D eigenvalue weighted by Crippen LogP contribution is 2.53. The van der Waals surface area contributed by atoms with Gasteiger partial charge in [0.15, 0.2) is 0 Å². The van der Waals surface area contributed by atoms with Crippen LogP contribution in [0.25, 0.3) is 55.3 Å². The molecule has 2 N–H and O–H groups in total. The van der Waals surface area contributed by atoms with E-state index in [0.717, 1.165) is 38.8 Å². The van der Waals surface area contributed by atoms with Crippen molar-refractivity contribution in [3.8, 4) is 33.4 Å². The number of anilines is 1. The molecule has 7 rings (SSSR count). The van der Waals surface area contributed by atoms with E-state index >= 15 is 0 Å². The van der Waals surface area contributed by atoms with Gasteiger partial charge in [-0.15, -0.1) is 0 Å². The minimum Gasteiger partial charge on any atom is -0.455 e. The number of para-hydroxylation sites is 1. The van der Waals surface area contributed by atoms with E-state index in [0.29, 0.717) is 0 Å². The van der Waals surface area contributed by atoms with Gasteiger partial charge < -0.3 is 10.2 Å². The van der Waals surface area contributed by atoms with Crippen molar-refractivity contribution in [1.82, 2.24) is 0 Å². The van der Waals surface area contributed by atoms with Gasteiger partial charge in [-0.2, -0.15) is 0 Å². The van der Waals surface area contributed by atoms with Crippen molar-refractivity contribution in [3.05, 3.63) is 114 Å². The van der Waals surface area contributed by atoms with Crippen LogP contribution in [0.3, 0.4) is 0 Å². The lowest BCUT2D eigenvalue weighted by Crippen LogP contribution is -2.14. The number of nitrogen functional groups attached to an aromatic ring is 1. The van der Waals surface area contributed by atoms with Gasteiger partial charge in [0, 0.05) is 33.0 Å². The molecule has 6 aromatic rings. The van der Waals surface area contributed by atoms with Crippen LogP contribution in [0.15, 0.2) is 108 Å². The van der Waals surface area contributed by atoms with Crippen LogP contribution in [-0.4, -0.2) is 0 Å². The van der Waals surface area contributed by atoms with Gasteiger partial charge in [-0.1, -0.05) is 105 Å². The molecule has 0 unspecified atom stereocenters. The van der Waals surface area contributed by atoms with Gasteiger partial charge in [0.1, 0.15) is 11.2 Å². The highest BCUT2D eigenvalue weighted by molar-refractivity contribution is 6.14. The van der Waals surface area contributed by atoms with Crippen LogP contribution >= 0.6 is 0 Å². The van der Waals surface area contributed by atoms with Crippen LogP contribution < -0.4 is 5.73 Å². The average molecular weight is 452 g/mol. The molecule has 168 valence electrons. The van der Waals surface area contributed by atoms with Gasteiger partial charge in [-0.05, 0) is 45.5 Å². The normalized spacial score (nSPS) is 13.8. The van der Waals surface area contributed by atoms with E-state index in [1.54, 1.807) is 0 Å². The van der Waals surface area contributed by atoms with Gasteiger partial charge in [-0.3, -0.25) is 0 Å². The van der Waals surface area contributed by atoms with Crippen LogP contribution in [0.5, 0.6) is 0 Å². The predicted octanol–water partition coefficient (Wildman–Crippen LogP) is 8.81. The zero-order valence-electron chi connectivity index (χ0n) is 19.8. The fourth-order valence-electron chi connectivity index (χ4n) is 5.81. The quantitative estimate of drug-likeness (QED) is 0.267. The number of benzene rings is 5. The van der Waals surface area contributed by atoms with Crippen molar-refractivity contribution >= 4 is 27.6 Å². The zero-order valence-corrected chi connectivity index (χ0v) is 19.8. The van der Waals surface area contributed by atoms with Crippen molar-refractivity contribution in [3.63, 3.8) is 0 Å². The average Bonchev–Trinajstić information content (AvgIpc) is 3.37. The molecule has 0 amide bonds. The summed E-state index contributed by atoms with van der Waals surface area (Å²) < 4.78 is 6.74. The molecule has 1 aromatic heterocycles. The summed E-state index contributed by atoms with van der Waals surface area (Å²) in [4.78, 5) is 0. The maximum atomic E-state index is 6.74. The SMILES string of the molecule is CC1(C)c2ccc(N)cc2-c2c1ccc1c2oc2c(-c3ccc(-c4ccccc4)cc3)cccc21. The third-order valence-corrected chi connectivity index (χ3v) is 7.63. The second-order valence-corrected chi connectivity index (χ2v) is 10.0. The Morgan fingerprint density at radius 2 is 1.26 bits per heavy atom. The summed E-state index contributed by atoms with van der Waals surface area (Å²) in [5, 5.41) is 2.29. The van der Waals surface area contributed by atoms with Crippen LogP contribution in [0.1, 0.15) is 25.0 Å². The Morgan fingerprint density at radius 1 is 0.571 bits per heavy atom. The lowest BCUT2D eigenvalue weighted by atomic mass is 9.82. The molecule has 5 aromatic carbocycles. The van der Waals surface area contributed by atoms with Gasteiger partial charge in [0.2, 0.25) is 0 Å². The summed E-state index contributed by atoms with van der Waals surface area (Å²) in [6, 6.07) is 36.4. The fourth-order valence-corrected chi connectivity index (χ4v) is 5.81. The summed E-state index contributed by atoms with van der Waals surface area (Å²) in [5.41, 5.74) is 18.4. The van der Waals surface area contributed by atoms with E-state index in [1.807, 2.05) is 12.1 Å². The van der Waals surface area contributed by atoms with E-state index < -0.39 is 0 Å². The third kappa shape index (κ3) is 2.83. The molecular formula is C33H25NO. The standard InChI is InChI=1S/C33H25NO/c1-33(2)28-17-15-23(34)19-27(28)30-29(33)18-16-26-25-10-6-9-24(31(25)35-32(26)30)22-13-11-21(12-14-22)20-7-4-3-5-8-20/h3-19H,34H2,1-2H3. The Bertz CT molecular complexity index is 1760. The second-order valence-electron chi connectivity index (χ2n) is 10.0. The Morgan fingerprint density at radius 3 is 2.06 bits per heavy atom. The molecule has 0 spiro atoms. The number of hydrogen-bond donors (Lipinski definition) is 1. The first-order valence-electron chi connectivity index (χ1n) is 12.1. The first-order chi connectivity index (χ1) is 17.0. The molecule has 1 aliphatic rings. The van der Waals surface area contributed by atoms with E-state index in [2.05, 4.69) is 105 Å². The number of fused-ring (bicyclic) bond motifs is 7. The largest absolute Gasteiger partial charge is 0.455 e. The molecule has 2 nitrogen and oxygen atoms in total. The van der Waals surface area contributed by atoms with Gasteiger partial charge in [-0.25, -0.2) is 0 Å². The fraction of sp³-hybridized carbons (Fsp3) is 0.0909. The second kappa shape index (κ2) is 7.10. The first-order valence-corrected chi connectivity index (χ1v) is 12.1. The molecule has 0 bridgehead atoms. The number of rotatable bonds is 2. The lowest BCUT2D eigenvalue weighted by molar-refractivity contribution is 0.653. The molecule has 0 atom stereocenters. The third-order valence-electron chi connectivity index (χ3n) is 7.63. The van der Waals surface area contributed by atoms with Gasteiger partial charge in [0.25, 0.3) is 0 Å². The molecule has 0 fully saturated rings. The van der Waals surface area contributed by atoms with E-state index in [9.17, 15) is 0 Å².